The SMILES string of the molecule is COc1ccc(/C=C/C(=O)N(C)C2CC[C@@]3(O)[C@H]4Cc5ccc(O)c6c5[C@@]3(CCN4CC3CC3)C2O6)cc1. The summed E-state index contributed by atoms with van der Waals surface area (Å²) in [5.41, 5.74) is 1.50. The van der Waals surface area contributed by atoms with Gasteiger partial charge in [0.25, 0.3) is 0 Å². The maximum Gasteiger partial charge on any atom is 0.246 e. The Kier molecular flexibility index (Phi) is 5.37. The first-order chi connectivity index (χ1) is 18.4. The van der Waals surface area contributed by atoms with Crippen LogP contribution in [0.3, 0.4) is 0 Å². The Labute approximate surface area is 223 Å². The molecule has 38 heavy (non-hydrogen) atoms. The van der Waals surface area contributed by atoms with Gasteiger partial charge in [-0.2, -0.15) is 0 Å². The van der Waals surface area contributed by atoms with Gasteiger partial charge in [-0.3, -0.25) is 9.69 Å². The van der Waals surface area contributed by atoms with Gasteiger partial charge in [-0.1, -0.05) is 18.2 Å². The number of phenolic OH excluding ortho intramolecular Hbond substituents is 1. The van der Waals surface area contributed by atoms with Crippen molar-refractivity contribution in [1.29, 1.82) is 0 Å². The van der Waals surface area contributed by atoms with Crippen LogP contribution < -0.4 is 9.47 Å². The highest BCUT2D eigenvalue weighted by atomic mass is 16.5. The molecule has 2 aromatic rings. The van der Waals surface area contributed by atoms with Crippen LogP contribution in [0, 0.1) is 5.92 Å². The van der Waals surface area contributed by atoms with Gasteiger partial charge in [-0.25, -0.2) is 0 Å². The van der Waals surface area contributed by atoms with Gasteiger partial charge >= 0.3 is 0 Å². The summed E-state index contributed by atoms with van der Waals surface area (Å²) < 4.78 is 11.8. The molecule has 1 spiro atoms. The van der Waals surface area contributed by atoms with Crippen molar-refractivity contribution >= 4 is 12.0 Å². The molecule has 0 aromatic heterocycles. The number of phenols is 1. The first-order valence-electron chi connectivity index (χ1n) is 13.9. The van der Waals surface area contributed by atoms with Gasteiger partial charge in [0, 0.05) is 31.3 Å². The van der Waals surface area contributed by atoms with Crippen LogP contribution in [0.5, 0.6) is 17.2 Å². The summed E-state index contributed by atoms with van der Waals surface area (Å²) in [5.74, 6) is 2.06. The summed E-state index contributed by atoms with van der Waals surface area (Å²) in [4.78, 5) is 17.7. The summed E-state index contributed by atoms with van der Waals surface area (Å²) in [5, 5.41) is 23.4. The Morgan fingerprint density at radius 3 is 2.71 bits per heavy atom. The van der Waals surface area contributed by atoms with Crippen LogP contribution in [0.1, 0.15) is 48.8 Å². The van der Waals surface area contributed by atoms with E-state index >= 15 is 0 Å². The summed E-state index contributed by atoms with van der Waals surface area (Å²) in [6.45, 7) is 1.95. The normalized spacial score (nSPS) is 33.1. The Hall–Kier alpha value is -3.03. The fourth-order valence-corrected chi connectivity index (χ4v) is 8.02. The topological polar surface area (TPSA) is 82.5 Å². The molecule has 2 aliphatic heterocycles. The van der Waals surface area contributed by atoms with Crippen LogP contribution in [0.2, 0.25) is 0 Å². The van der Waals surface area contributed by atoms with Crippen LogP contribution >= 0.6 is 0 Å². The number of carbonyl (C=O) groups is 1. The third-order valence-corrected chi connectivity index (χ3v) is 10.1. The number of nitrogens with zero attached hydrogens (tertiary/aromatic N) is 2. The average molecular weight is 517 g/mol. The van der Waals surface area contributed by atoms with Gasteiger partial charge < -0.3 is 24.6 Å². The van der Waals surface area contributed by atoms with E-state index in [9.17, 15) is 15.0 Å². The number of amides is 1. The molecule has 0 radical (unpaired) electrons. The van der Waals surface area contributed by atoms with Crippen molar-refractivity contribution in [3.63, 3.8) is 0 Å². The number of ether oxygens (including phenoxy) is 2. The van der Waals surface area contributed by atoms with E-state index in [0.717, 1.165) is 48.7 Å². The number of piperidine rings is 1. The average Bonchev–Trinajstić information content (AvgIpc) is 3.67. The predicted molar refractivity (Wildman–Crippen MR) is 143 cm³/mol. The third-order valence-electron chi connectivity index (χ3n) is 10.1. The molecular weight excluding hydrogens is 480 g/mol. The van der Waals surface area contributed by atoms with Crippen molar-refractivity contribution in [2.24, 2.45) is 5.92 Å². The van der Waals surface area contributed by atoms with Crippen LogP contribution in [0.25, 0.3) is 6.08 Å². The molecule has 2 N–H and O–H groups in total. The molecule has 2 unspecified atom stereocenters. The van der Waals surface area contributed by atoms with Crippen LogP contribution in [-0.4, -0.2) is 77.0 Å². The minimum atomic E-state index is -0.948. The Bertz CT molecular complexity index is 1300. The Balaban J connectivity index is 1.22. The zero-order valence-electron chi connectivity index (χ0n) is 22.1. The number of benzene rings is 2. The van der Waals surface area contributed by atoms with E-state index in [1.807, 2.05) is 43.5 Å². The molecule has 7 heteroatoms. The molecule has 2 bridgehead atoms. The van der Waals surface area contributed by atoms with Gasteiger partial charge in [-0.05, 0) is 86.4 Å². The maximum absolute atomic E-state index is 13.4. The van der Waals surface area contributed by atoms with E-state index in [-0.39, 0.29) is 23.7 Å². The number of aliphatic hydroxyl groups is 1. The molecule has 1 saturated heterocycles. The standard InChI is InChI=1S/C31H36N2O5/c1-32(26(35)12-7-19-5-9-22(37-2)10-6-19)23-13-14-31(36)25-17-21-8-11-24(34)28-27(21)30(31,29(23)38-28)15-16-33(25)18-20-3-4-20/h5-12,20,23,25,29,34,36H,3-4,13-18H2,1-2H3/b12-7+/t23?,25-,29?,30+,31-/m1/s1. The second kappa shape index (κ2) is 8.48. The summed E-state index contributed by atoms with van der Waals surface area (Å²) in [7, 11) is 3.47. The van der Waals surface area contributed by atoms with E-state index < -0.39 is 17.1 Å². The van der Waals surface area contributed by atoms with E-state index in [4.69, 9.17) is 9.47 Å². The molecular formula is C31H36N2O5. The van der Waals surface area contributed by atoms with Crippen LogP contribution in [0.15, 0.2) is 42.5 Å². The Morgan fingerprint density at radius 2 is 1.97 bits per heavy atom. The molecule has 2 saturated carbocycles. The fourth-order valence-electron chi connectivity index (χ4n) is 8.02. The minimum absolute atomic E-state index is 0.0304. The van der Waals surface area contributed by atoms with Gasteiger partial charge in [0.15, 0.2) is 11.5 Å². The summed E-state index contributed by atoms with van der Waals surface area (Å²) in [6.07, 6.45) is 8.38. The number of hydrogen-bond donors (Lipinski definition) is 2. The maximum atomic E-state index is 13.4. The minimum Gasteiger partial charge on any atom is -0.504 e. The molecule has 5 aliphatic rings. The lowest BCUT2D eigenvalue weighted by Gasteiger charge is -2.64. The van der Waals surface area contributed by atoms with Crippen molar-refractivity contribution in [3.8, 4) is 17.2 Å². The quantitative estimate of drug-likeness (QED) is 0.572. The molecule has 3 fully saturated rings. The van der Waals surface area contributed by atoms with Crippen LogP contribution in [-0.2, 0) is 16.6 Å². The highest BCUT2D eigenvalue weighted by molar-refractivity contribution is 5.92. The number of rotatable bonds is 6. The number of carbonyl (C=O) groups excluding carboxylic acids is 1. The lowest BCUT2D eigenvalue weighted by atomic mass is 9.48. The number of likely N-dealkylation sites (N-methyl/N-ethyl adjacent to an activating group) is 1. The van der Waals surface area contributed by atoms with Crippen molar-refractivity contribution in [2.45, 2.75) is 67.7 Å². The second-order valence-electron chi connectivity index (χ2n) is 12.0. The lowest BCUT2D eigenvalue weighted by Crippen LogP contribution is -2.78. The van der Waals surface area contributed by atoms with E-state index in [0.29, 0.717) is 18.6 Å². The highest BCUT2D eigenvalue weighted by Crippen LogP contribution is 2.66. The van der Waals surface area contributed by atoms with E-state index in [2.05, 4.69) is 4.90 Å². The molecule has 7 nitrogen and oxygen atoms in total. The Morgan fingerprint density at radius 1 is 1.18 bits per heavy atom. The van der Waals surface area contributed by atoms with Crippen molar-refractivity contribution in [2.75, 3.05) is 27.2 Å². The zero-order valence-corrected chi connectivity index (χ0v) is 22.1. The zero-order chi connectivity index (χ0) is 26.2. The summed E-state index contributed by atoms with van der Waals surface area (Å²) >= 11 is 0. The highest BCUT2D eigenvalue weighted by Gasteiger charge is 2.73. The summed E-state index contributed by atoms with van der Waals surface area (Å²) in [6, 6.07) is 11.1. The molecule has 7 rings (SSSR count). The number of methoxy groups -OCH3 is 1. The molecule has 200 valence electrons. The predicted octanol–water partition coefficient (Wildman–Crippen LogP) is 3.51. The van der Waals surface area contributed by atoms with Crippen molar-refractivity contribution in [1.82, 2.24) is 9.80 Å². The van der Waals surface area contributed by atoms with Crippen LogP contribution in [0.4, 0.5) is 0 Å². The smallest absolute Gasteiger partial charge is 0.246 e. The third kappa shape index (κ3) is 3.31. The van der Waals surface area contributed by atoms with Gasteiger partial charge in [-0.15, -0.1) is 0 Å². The number of hydrogen-bond acceptors (Lipinski definition) is 6. The van der Waals surface area contributed by atoms with E-state index in [1.165, 1.54) is 18.4 Å². The second-order valence-corrected chi connectivity index (χ2v) is 12.0. The first-order valence-corrected chi connectivity index (χ1v) is 13.9. The lowest BCUT2D eigenvalue weighted by molar-refractivity contribution is -0.200. The number of aromatic hydroxyl groups is 1. The fraction of sp³-hybridized carbons (Fsp3) is 0.516. The van der Waals surface area contributed by atoms with E-state index in [1.54, 1.807) is 24.2 Å². The monoisotopic (exact) mass is 516 g/mol. The van der Waals surface area contributed by atoms with Crippen molar-refractivity contribution < 1.29 is 24.5 Å². The molecule has 5 atom stereocenters. The molecule has 2 aromatic carbocycles. The van der Waals surface area contributed by atoms with Gasteiger partial charge in [0.2, 0.25) is 5.91 Å². The number of likely N-dealkylation sites (tertiary alicyclic amines) is 1. The first kappa shape index (κ1) is 24.0. The van der Waals surface area contributed by atoms with Crippen molar-refractivity contribution in [3.05, 3.63) is 59.2 Å². The molecule has 3 aliphatic carbocycles. The molecule has 2 heterocycles. The molecule has 1 amide bonds. The largest absolute Gasteiger partial charge is 0.504 e. The van der Waals surface area contributed by atoms with Gasteiger partial charge in [0.1, 0.15) is 11.9 Å². The van der Waals surface area contributed by atoms with Gasteiger partial charge in [0.05, 0.1) is 24.2 Å².